The molecule has 1 rings (SSSR count). The van der Waals surface area contributed by atoms with E-state index >= 15 is 0 Å². The van der Waals surface area contributed by atoms with Crippen LogP contribution in [0.5, 0.6) is 5.75 Å². The van der Waals surface area contributed by atoms with Gasteiger partial charge in [-0.3, -0.25) is 4.79 Å². The standard InChI is InChI=1S/C13H18FNO3/c1-7-5-6-8(10(16)9(7)14)11(15)13(2,3)12(17)18-4/h5-6,11,16H,15H2,1-4H3/t11-/m0/s1. The van der Waals surface area contributed by atoms with Gasteiger partial charge in [0.15, 0.2) is 11.6 Å². The third kappa shape index (κ3) is 2.31. The molecule has 18 heavy (non-hydrogen) atoms. The molecule has 100 valence electrons. The molecule has 0 unspecified atom stereocenters. The highest BCUT2D eigenvalue weighted by Crippen LogP contribution is 2.38. The molecule has 0 saturated carbocycles. The van der Waals surface area contributed by atoms with Crippen molar-refractivity contribution >= 4 is 5.97 Å². The Morgan fingerprint density at radius 2 is 2.06 bits per heavy atom. The third-order valence-corrected chi connectivity index (χ3v) is 3.16. The van der Waals surface area contributed by atoms with Crippen LogP contribution in [0.3, 0.4) is 0 Å². The lowest BCUT2D eigenvalue weighted by atomic mass is 9.80. The Kier molecular flexibility index (Phi) is 3.96. The van der Waals surface area contributed by atoms with Gasteiger partial charge >= 0.3 is 5.97 Å². The molecule has 5 heteroatoms. The van der Waals surface area contributed by atoms with E-state index in [2.05, 4.69) is 4.74 Å². The van der Waals surface area contributed by atoms with Gasteiger partial charge in [-0.25, -0.2) is 4.39 Å². The predicted molar refractivity (Wildman–Crippen MR) is 65.5 cm³/mol. The van der Waals surface area contributed by atoms with Crippen LogP contribution in [0.4, 0.5) is 4.39 Å². The monoisotopic (exact) mass is 255 g/mol. The van der Waals surface area contributed by atoms with Crippen LogP contribution in [0.25, 0.3) is 0 Å². The summed E-state index contributed by atoms with van der Waals surface area (Å²) in [5, 5.41) is 9.76. The fraction of sp³-hybridized carbons (Fsp3) is 0.462. The SMILES string of the molecule is COC(=O)C(C)(C)[C@@H](N)c1ccc(C)c(F)c1O. The van der Waals surface area contributed by atoms with Crippen molar-refractivity contribution in [2.45, 2.75) is 26.8 Å². The molecule has 3 N–H and O–H groups in total. The Bertz CT molecular complexity index is 472. The minimum Gasteiger partial charge on any atom is -0.505 e. The summed E-state index contributed by atoms with van der Waals surface area (Å²) in [5.74, 6) is -1.75. The second kappa shape index (κ2) is 4.94. The van der Waals surface area contributed by atoms with Crippen LogP contribution in [0.2, 0.25) is 0 Å². The quantitative estimate of drug-likeness (QED) is 0.811. The first kappa shape index (κ1) is 14.4. The number of hydrogen-bond acceptors (Lipinski definition) is 4. The molecule has 0 aromatic heterocycles. The van der Waals surface area contributed by atoms with Gasteiger partial charge in [-0.2, -0.15) is 0 Å². The summed E-state index contributed by atoms with van der Waals surface area (Å²) in [5.41, 5.74) is 5.39. The zero-order valence-electron chi connectivity index (χ0n) is 11.0. The number of carbonyl (C=O) groups is 1. The van der Waals surface area contributed by atoms with E-state index in [9.17, 15) is 14.3 Å². The Morgan fingerprint density at radius 1 is 1.50 bits per heavy atom. The smallest absolute Gasteiger partial charge is 0.313 e. The van der Waals surface area contributed by atoms with Gasteiger partial charge in [0, 0.05) is 11.6 Å². The zero-order chi connectivity index (χ0) is 14.1. The van der Waals surface area contributed by atoms with Crippen LogP contribution in [0.1, 0.15) is 31.0 Å². The van der Waals surface area contributed by atoms with Crippen molar-refractivity contribution in [2.24, 2.45) is 11.1 Å². The number of phenolic OH excluding ortho intramolecular Hbond substituents is 1. The lowest BCUT2D eigenvalue weighted by molar-refractivity contribution is -0.152. The maximum Gasteiger partial charge on any atom is 0.313 e. The van der Waals surface area contributed by atoms with Crippen molar-refractivity contribution < 1.29 is 19.0 Å². The first-order chi connectivity index (χ1) is 8.23. The Labute approximate surface area is 106 Å². The number of aromatic hydroxyl groups is 1. The average molecular weight is 255 g/mol. The summed E-state index contributed by atoms with van der Waals surface area (Å²) < 4.78 is 18.3. The van der Waals surface area contributed by atoms with Gasteiger partial charge in [0.2, 0.25) is 0 Å². The number of esters is 1. The normalized spacial score (nSPS) is 13.2. The number of nitrogens with two attached hydrogens (primary N) is 1. The summed E-state index contributed by atoms with van der Waals surface area (Å²) in [4.78, 5) is 11.6. The average Bonchev–Trinajstić information content (AvgIpc) is 2.34. The maximum atomic E-state index is 13.6. The molecule has 1 aromatic rings. The molecule has 0 amide bonds. The van der Waals surface area contributed by atoms with E-state index in [1.54, 1.807) is 13.8 Å². The zero-order valence-corrected chi connectivity index (χ0v) is 11.0. The maximum absolute atomic E-state index is 13.6. The highest BCUT2D eigenvalue weighted by atomic mass is 19.1. The van der Waals surface area contributed by atoms with Gasteiger partial charge in [0.1, 0.15) is 0 Å². The number of halogens is 1. The minimum absolute atomic E-state index is 0.188. The van der Waals surface area contributed by atoms with Gasteiger partial charge in [0.05, 0.1) is 12.5 Å². The number of carbonyl (C=O) groups excluding carboxylic acids is 1. The van der Waals surface area contributed by atoms with Crippen molar-refractivity contribution in [3.05, 3.63) is 29.1 Å². The molecule has 0 bridgehead atoms. The molecule has 0 saturated heterocycles. The van der Waals surface area contributed by atoms with Gasteiger partial charge in [-0.05, 0) is 26.3 Å². The molecule has 0 radical (unpaired) electrons. The van der Waals surface area contributed by atoms with E-state index in [0.717, 1.165) is 0 Å². The lowest BCUT2D eigenvalue weighted by Crippen LogP contribution is -2.37. The van der Waals surface area contributed by atoms with E-state index in [1.807, 2.05) is 0 Å². The molecule has 0 aliphatic heterocycles. The van der Waals surface area contributed by atoms with Crippen LogP contribution in [-0.4, -0.2) is 18.2 Å². The van der Waals surface area contributed by atoms with Crippen LogP contribution in [0.15, 0.2) is 12.1 Å². The van der Waals surface area contributed by atoms with Gasteiger partial charge < -0.3 is 15.6 Å². The molecular weight excluding hydrogens is 237 g/mol. The second-order valence-corrected chi connectivity index (χ2v) is 4.83. The minimum atomic E-state index is -1.06. The van der Waals surface area contributed by atoms with Gasteiger partial charge in [-0.1, -0.05) is 12.1 Å². The van der Waals surface area contributed by atoms with E-state index in [0.29, 0.717) is 5.56 Å². The van der Waals surface area contributed by atoms with Crippen molar-refractivity contribution in [2.75, 3.05) is 7.11 Å². The van der Waals surface area contributed by atoms with Crippen molar-refractivity contribution in [1.82, 2.24) is 0 Å². The molecule has 0 spiro atoms. The van der Waals surface area contributed by atoms with E-state index < -0.39 is 29.0 Å². The molecular formula is C13H18FNO3. The molecule has 1 atom stereocenters. The Morgan fingerprint density at radius 3 is 2.56 bits per heavy atom. The number of methoxy groups -OCH3 is 1. The highest BCUT2D eigenvalue weighted by Gasteiger charge is 2.38. The van der Waals surface area contributed by atoms with Crippen molar-refractivity contribution in [3.8, 4) is 5.75 Å². The number of rotatable bonds is 3. The largest absolute Gasteiger partial charge is 0.505 e. The third-order valence-electron chi connectivity index (χ3n) is 3.16. The molecule has 0 aliphatic rings. The van der Waals surface area contributed by atoms with E-state index in [4.69, 9.17) is 5.73 Å². The second-order valence-electron chi connectivity index (χ2n) is 4.83. The lowest BCUT2D eigenvalue weighted by Gasteiger charge is -2.29. The number of ether oxygens (including phenoxy) is 1. The van der Waals surface area contributed by atoms with Crippen molar-refractivity contribution in [1.29, 1.82) is 0 Å². The summed E-state index contributed by atoms with van der Waals surface area (Å²) in [6.45, 7) is 4.71. The van der Waals surface area contributed by atoms with E-state index in [-0.39, 0.29) is 5.56 Å². The van der Waals surface area contributed by atoms with Gasteiger partial charge in [0.25, 0.3) is 0 Å². The summed E-state index contributed by atoms with van der Waals surface area (Å²) in [6, 6.07) is 2.17. The summed E-state index contributed by atoms with van der Waals surface area (Å²) >= 11 is 0. The number of phenols is 1. The summed E-state index contributed by atoms with van der Waals surface area (Å²) in [7, 11) is 1.26. The number of benzene rings is 1. The molecule has 0 aliphatic carbocycles. The predicted octanol–water partition coefficient (Wildman–Crippen LogP) is 2.04. The molecule has 0 fully saturated rings. The Hall–Kier alpha value is -1.62. The molecule has 4 nitrogen and oxygen atoms in total. The fourth-order valence-corrected chi connectivity index (χ4v) is 1.71. The fourth-order valence-electron chi connectivity index (χ4n) is 1.71. The van der Waals surface area contributed by atoms with Gasteiger partial charge in [-0.15, -0.1) is 0 Å². The van der Waals surface area contributed by atoms with Crippen LogP contribution in [-0.2, 0) is 9.53 Å². The number of aryl methyl sites for hydroxylation is 1. The van der Waals surface area contributed by atoms with Crippen molar-refractivity contribution in [3.63, 3.8) is 0 Å². The highest BCUT2D eigenvalue weighted by molar-refractivity contribution is 5.77. The van der Waals surface area contributed by atoms with E-state index in [1.165, 1.54) is 26.2 Å². The topological polar surface area (TPSA) is 72.5 Å². The first-order valence-electron chi connectivity index (χ1n) is 5.55. The van der Waals surface area contributed by atoms with Crippen LogP contribution in [0, 0.1) is 18.2 Å². The number of hydrogen-bond donors (Lipinski definition) is 2. The molecule has 1 aromatic carbocycles. The first-order valence-corrected chi connectivity index (χ1v) is 5.55. The van der Waals surface area contributed by atoms with Crippen LogP contribution >= 0.6 is 0 Å². The molecule has 0 heterocycles. The summed E-state index contributed by atoms with van der Waals surface area (Å²) in [6.07, 6.45) is 0. The van der Waals surface area contributed by atoms with Crippen LogP contribution < -0.4 is 5.73 Å². The Balaban J connectivity index is 3.23.